The number of nitrogens with one attached hydrogen (secondary N) is 1. The van der Waals surface area contributed by atoms with Crippen LogP contribution >= 0.6 is 0 Å². The first kappa shape index (κ1) is 13.1. The van der Waals surface area contributed by atoms with Crippen molar-refractivity contribution in [2.45, 2.75) is 12.7 Å². The molecule has 0 unspecified atom stereocenters. The average molecular weight is 248 g/mol. The molecule has 0 aliphatic rings. The van der Waals surface area contributed by atoms with E-state index in [1.165, 1.54) is 25.3 Å². The van der Waals surface area contributed by atoms with Crippen LogP contribution in [0.15, 0.2) is 18.2 Å². The van der Waals surface area contributed by atoms with Gasteiger partial charge in [-0.25, -0.2) is 0 Å². The van der Waals surface area contributed by atoms with Gasteiger partial charge in [0.05, 0.1) is 12.8 Å². The molecule has 0 atom stereocenters. The zero-order valence-electron chi connectivity index (χ0n) is 8.97. The Morgan fingerprint density at radius 3 is 2.65 bits per heavy atom. The van der Waals surface area contributed by atoms with Crippen molar-refractivity contribution in [3.63, 3.8) is 0 Å². The third-order valence-electron chi connectivity index (χ3n) is 2.01. The molecule has 0 aromatic heterocycles. The minimum Gasteiger partial charge on any atom is -0.495 e. The third kappa shape index (κ3) is 3.54. The number of halogens is 3. The van der Waals surface area contributed by atoms with Gasteiger partial charge in [-0.3, -0.25) is 4.79 Å². The van der Waals surface area contributed by atoms with E-state index in [-0.39, 0.29) is 6.54 Å². The van der Waals surface area contributed by atoms with E-state index in [0.29, 0.717) is 17.0 Å². The van der Waals surface area contributed by atoms with Gasteiger partial charge in [0.25, 0.3) is 0 Å². The normalized spacial score (nSPS) is 11.1. The van der Waals surface area contributed by atoms with Crippen molar-refractivity contribution in [3.05, 3.63) is 23.8 Å². The molecule has 0 fully saturated rings. The predicted octanol–water partition coefficient (Wildman–Crippen LogP) is 1.46. The van der Waals surface area contributed by atoms with Crippen molar-refractivity contribution < 1.29 is 22.7 Å². The smallest absolute Gasteiger partial charge is 0.471 e. The van der Waals surface area contributed by atoms with E-state index in [0.717, 1.165) is 0 Å². The van der Waals surface area contributed by atoms with Crippen LogP contribution in [-0.2, 0) is 11.3 Å². The first-order chi connectivity index (χ1) is 7.84. The van der Waals surface area contributed by atoms with Crippen molar-refractivity contribution in [1.29, 1.82) is 0 Å². The molecule has 17 heavy (non-hydrogen) atoms. The number of methoxy groups -OCH3 is 1. The molecule has 0 heterocycles. The zero-order chi connectivity index (χ0) is 13.1. The van der Waals surface area contributed by atoms with Crippen LogP contribution in [0.5, 0.6) is 5.75 Å². The standard InChI is InChI=1S/C10H11F3N2O2/c1-17-8-4-6(2-3-7(8)14)5-15-9(16)10(11,12)13/h2-4H,5,14H2,1H3,(H,15,16). The van der Waals surface area contributed by atoms with E-state index in [4.69, 9.17) is 10.5 Å². The van der Waals surface area contributed by atoms with Gasteiger partial charge >= 0.3 is 12.1 Å². The minimum absolute atomic E-state index is 0.241. The average Bonchev–Trinajstić information content (AvgIpc) is 2.26. The lowest BCUT2D eigenvalue weighted by atomic mass is 10.2. The van der Waals surface area contributed by atoms with Gasteiger partial charge in [0.15, 0.2) is 0 Å². The van der Waals surface area contributed by atoms with Crippen molar-refractivity contribution in [1.82, 2.24) is 5.32 Å². The molecule has 1 aromatic carbocycles. The molecule has 1 amide bonds. The summed E-state index contributed by atoms with van der Waals surface area (Å²) >= 11 is 0. The number of hydrogen-bond acceptors (Lipinski definition) is 3. The summed E-state index contributed by atoms with van der Waals surface area (Å²) in [7, 11) is 1.39. The highest BCUT2D eigenvalue weighted by atomic mass is 19.4. The number of carbonyl (C=O) groups is 1. The van der Waals surface area contributed by atoms with Gasteiger partial charge in [-0.2, -0.15) is 13.2 Å². The Kier molecular flexibility index (Phi) is 3.82. The second kappa shape index (κ2) is 4.94. The molecule has 0 saturated carbocycles. The number of anilines is 1. The summed E-state index contributed by atoms with van der Waals surface area (Å²) in [5.74, 6) is -1.63. The van der Waals surface area contributed by atoms with Crippen LogP contribution in [0.4, 0.5) is 18.9 Å². The largest absolute Gasteiger partial charge is 0.495 e. The van der Waals surface area contributed by atoms with Crippen molar-refractivity contribution in [2.75, 3.05) is 12.8 Å². The minimum atomic E-state index is -4.88. The summed E-state index contributed by atoms with van der Waals surface area (Å²) in [5.41, 5.74) is 6.37. The molecule has 0 bridgehead atoms. The second-order valence-electron chi connectivity index (χ2n) is 3.26. The fraction of sp³-hybridized carbons (Fsp3) is 0.300. The Morgan fingerprint density at radius 2 is 2.12 bits per heavy atom. The SMILES string of the molecule is COc1cc(CNC(=O)C(F)(F)F)ccc1N. The zero-order valence-corrected chi connectivity index (χ0v) is 8.97. The highest BCUT2D eigenvalue weighted by molar-refractivity contribution is 5.81. The maximum Gasteiger partial charge on any atom is 0.471 e. The Bertz CT molecular complexity index is 419. The lowest BCUT2D eigenvalue weighted by Crippen LogP contribution is -2.36. The Hall–Kier alpha value is -1.92. The first-order valence-electron chi connectivity index (χ1n) is 4.62. The van der Waals surface area contributed by atoms with Crippen LogP contribution in [-0.4, -0.2) is 19.2 Å². The van der Waals surface area contributed by atoms with Gasteiger partial charge in [-0.05, 0) is 17.7 Å². The molecule has 94 valence electrons. The maximum absolute atomic E-state index is 11.9. The van der Waals surface area contributed by atoms with Crippen LogP contribution in [0.3, 0.4) is 0 Å². The summed E-state index contributed by atoms with van der Waals surface area (Å²) < 4.78 is 40.6. The van der Waals surface area contributed by atoms with E-state index < -0.39 is 12.1 Å². The van der Waals surface area contributed by atoms with Gasteiger partial charge < -0.3 is 15.8 Å². The summed E-state index contributed by atoms with van der Waals surface area (Å²) in [6, 6.07) is 4.47. The molecule has 1 rings (SSSR count). The lowest BCUT2D eigenvalue weighted by molar-refractivity contribution is -0.173. The Labute approximate surface area is 95.6 Å². The van der Waals surface area contributed by atoms with Gasteiger partial charge in [-0.1, -0.05) is 6.07 Å². The van der Waals surface area contributed by atoms with Gasteiger partial charge in [0.1, 0.15) is 5.75 Å². The monoisotopic (exact) mass is 248 g/mol. The number of amides is 1. The second-order valence-corrected chi connectivity index (χ2v) is 3.26. The fourth-order valence-electron chi connectivity index (χ4n) is 1.15. The molecule has 0 radical (unpaired) electrons. The van der Waals surface area contributed by atoms with Crippen molar-refractivity contribution in [3.8, 4) is 5.75 Å². The molecule has 3 N–H and O–H groups in total. The maximum atomic E-state index is 11.9. The predicted molar refractivity (Wildman–Crippen MR) is 55.3 cm³/mol. The molecule has 0 spiro atoms. The topological polar surface area (TPSA) is 64.3 Å². The summed E-state index contributed by atoms with van der Waals surface area (Å²) in [5, 5.41) is 1.75. The summed E-state index contributed by atoms with van der Waals surface area (Å²) in [6.07, 6.45) is -4.88. The number of carbonyl (C=O) groups excluding carboxylic acids is 1. The molecule has 0 aliphatic carbocycles. The number of rotatable bonds is 3. The molecular weight excluding hydrogens is 237 g/mol. The first-order valence-corrected chi connectivity index (χ1v) is 4.62. The quantitative estimate of drug-likeness (QED) is 0.796. The van der Waals surface area contributed by atoms with E-state index >= 15 is 0 Å². The van der Waals surface area contributed by atoms with Crippen LogP contribution in [0.2, 0.25) is 0 Å². The summed E-state index contributed by atoms with van der Waals surface area (Å²) in [4.78, 5) is 10.6. The van der Waals surface area contributed by atoms with Gasteiger partial charge in [0, 0.05) is 6.54 Å². The van der Waals surface area contributed by atoms with E-state index in [9.17, 15) is 18.0 Å². The van der Waals surface area contributed by atoms with Crippen LogP contribution in [0.1, 0.15) is 5.56 Å². The Balaban J connectivity index is 2.67. The third-order valence-corrected chi connectivity index (χ3v) is 2.01. The highest BCUT2D eigenvalue weighted by Gasteiger charge is 2.38. The molecule has 7 heteroatoms. The van der Waals surface area contributed by atoms with Crippen LogP contribution in [0.25, 0.3) is 0 Å². The number of nitrogens with two attached hydrogens (primary N) is 1. The number of ether oxygens (including phenoxy) is 1. The van der Waals surface area contributed by atoms with E-state index in [2.05, 4.69) is 0 Å². The van der Waals surface area contributed by atoms with Crippen molar-refractivity contribution >= 4 is 11.6 Å². The highest BCUT2D eigenvalue weighted by Crippen LogP contribution is 2.22. The molecule has 4 nitrogen and oxygen atoms in total. The number of nitrogen functional groups attached to an aromatic ring is 1. The number of alkyl halides is 3. The van der Waals surface area contributed by atoms with Crippen molar-refractivity contribution in [2.24, 2.45) is 0 Å². The Morgan fingerprint density at radius 1 is 1.47 bits per heavy atom. The number of hydrogen-bond donors (Lipinski definition) is 2. The van der Waals surface area contributed by atoms with Crippen LogP contribution < -0.4 is 15.8 Å². The van der Waals surface area contributed by atoms with E-state index in [1.807, 2.05) is 0 Å². The molecule has 1 aromatic rings. The van der Waals surface area contributed by atoms with Gasteiger partial charge in [-0.15, -0.1) is 0 Å². The van der Waals surface area contributed by atoms with Crippen LogP contribution in [0, 0.1) is 0 Å². The number of benzene rings is 1. The summed E-state index contributed by atoms with van der Waals surface area (Å²) in [6.45, 7) is -0.241. The lowest BCUT2D eigenvalue weighted by Gasteiger charge is -2.10. The molecule has 0 aliphatic heterocycles. The molecule has 0 saturated heterocycles. The van der Waals surface area contributed by atoms with Gasteiger partial charge in [0.2, 0.25) is 0 Å². The fourth-order valence-corrected chi connectivity index (χ4v) is 1.15. The van der Waals surface area contributed by atoms with E-state index in [1.54, 1.807) is 5.32 Å². The molecular formula is C10H11F3N2O2.